The van der Waals surface area contributed by atoms with E-state index in [9.17, 15) is 4.79 Å². The molecule has 2 aromatic heterocycles. The molecule has 1 aliphatic rings. The van der Waals surface area contributed by atoms with Crippen LogP contribution in [0.4, 0.5) is 0 Å². The third kappa shape index (κ3) is 2.38. The molecule has 0 saturated carbocycles. The Bertz CT molecular complexity index is 592. The zero-order valence-electron chi connectivity index (χ0n) is 11.1. The molecule has 3 heterocycles. The summed E-state index contributed by atoms with van der Waals surface area (Å²) in [5.41, 5.74) is 1.38. The van der Waals surface area contributed by atoms with Crippen molar-refractivity contribution < 1.29 is 4.79 Å². The Morgan fingerprint density at radius 3 is 3.11 bits per heavy atom. The molecule has 1 unspecified atom stereocenters. The minimum absolute atomic E-state index is 0.603. The van der Waals surface area contributed by atoms with Crippen LogP contribution in [0.2, 0.25) is 0 Å². The lowest BCUT2D eigenvalue weighted by molar-refractivity contribution is 0.111. The number of hydrogen-bond acceptors (Lipinski definition) is 4. The molecule has 0 aromatic carbocycles. The number of rotatable bonds is 3. The number of piperidine rings is 1. The molecular weight excluding hydrogens is 240 g/mol. The van der Waals surface area contributed by atoms with Gasteiger partial charge in [0.1, 0.15) is 5.82 Å². The van der Waals surface area contributed by atoms with E-state index in [1.54, 1.807) is 6.07 Å². The molecule has 19 heavy (non-hydrogen) atoms. The predicted molar refractivity (Wildman–Crippen MR) is 72.3 cm³/mol. The zero-order chi connectivity index (χ0) is 13.2. The van der Waals surface area contributed by atoms with Gasteiger partial charge in [-0.25, -0.2) is 0 Å². The Hall–Kier alpha value is -1.75. The number of fused-ring (bicyclic) bond motifs is 1. The molecule has 1 fully saturated rings. The monoisotopic (exact) mass is 258 g/mol. The Balaban J connectivity index is 1.90. The smallest absolute Gasteiger partial charge is 0.166 e. The van der Waals surface area contributed by atoms with Crippen molar-refractivity contribution in [1.82, 2.24) is 19.5 Å². The molecule has 0 bridgehead atoms. The number of likely N-dealkylation sites (tertiary alicyclic amines) is 1. The first kappa shape index (κ1) is 12.3. The van der Waals surface area contributed by atoms with E-state index < -0.39 is 0 Å². The van der Waals surface area contributed by atoms with E-state index in [2.05, 4.69) is 22.1 Å². The highest BCUT2D eigenvalue weighted by molar-refractivity contribution is 5.73. The second-order valence-corrected chi connectivity index (χ2v) is 5.35. The number of hydrogen-bond donors (Lipinski definition) is 0. The first-order valence-corrected chi connectivity index (χ1v) is 6.74. The van der Waals surface area contributed by atoms with Crippen LogP contribution in [-0.2, 0) is 6.42 Å². The van der Waals surface area contributed by atoms with Crippen LogP contribution in [0.1, 0.15) is 29.2 Å². The number of nitrogens with zero attached hydrogens (tertiary/aromatic N) is 4. The van der Waals surface area contributed by atoms with Crippen LogP contribution in [0.3, 0.4) is 0 Å². The summed E-state index contributed by atoms with van der Waals surface area (Å²) < 4.78 is 1.88. The fourth-order valence-electron chi connectivity index (χ4n) is 2.95. The molecule has 0 N–H and O–H groups in total. The molecule has 3 rings (SSSR count). The highest BCUT2D eigenvalue weighted by atomic mass is 16.1. The van der Waals surface area contributed by atoms with Crippen molar-refractivity contribution in [3.8, 4) is 0 Å². The maximum absolute atomic E-state index is 11.1. The van der Waals surface area contributed by atoms with Crippen LogP contribution < -0.4 is 0 Å². The van der Waals surface area contributed by atoms with E-state index in [1.165, 1.54) is 19.4 Å². The molecule has 2 aromatic rings. The fraction of sp³-hybridized carbons (Fsp3) is 0.500. The van der Waals surface area contributed by atoms with E-state index >= 15 is 0 Å². The van der Waals surface area contributed by atoms with Crippen LogP contribution in [0.5, 0.6) is 0 Å². The topological polar surface area (TPSA) is 50.5 Å². The number of carbonyl (C=O) groups excluding carboxylic acids is 1. The van der Waals surface area contributed by atoms with Gasteiger partial charge in [0, 0.05) is 13.0 Å². The number of aldehydes is 1. The van der Waals surface area contributed by atoms with E-state index in [4.69, 9.17) is 0 Å². The lowest BCUT2D eigenvalue weighted by Gasteiger charge is -2.29. The van der Waals surface area contributed by atoms with Gasteiger partial charge in [-0.2, -0.15) is 0 Å². The second-order valence-electron chi connectivity index (χ2n) is 5.35. The standard InChI is InChI=1S/C14H18N4O/c1-17-7-3-4-11(9-17)8-14-16-15-13-6-2-5-12(10-19)18(13)14/h2,5-6,10-11H,3-4,7-9H2,1H3. The van der Waals surface area contributed by atoms with Gasteiger partial charge in [-0.1, -0.05) is 6.07 Å². The summed E-state index contributed by atoms with van der Waals surface area (Å²) >= 11 is 0. The van der Waals surface area contributed by atoms with Gasteiger partial charge in [0.2, 0.25) is 0 Å². The van der Waals surface area contributed by atoms with E-state index in [0.717, 1.165) is 30.7 Å². The van der Waals surface area contributed by atoms with E-state index in [-0.39, 0.29) is 0 Å². The summed E-state index contributed by atoms with van der Waals surface area (Å²) in [6.45, 7) is 2.27. The summed E-state index contributed by atoms with van der Waals surface area (Å²) in [7, 11) is 2.16. The summed E-state index contributed by atoms with van der Waals surface area (Å²) in [6, 6.07) is 5.53. The minimum Gasteiger partial charge on any atom is -0.306 e. The lowest BCUT2D eigenvalue weighted by Crippen LogP contribution is -2.33. The number of carbonyl (C=O) groups is 1. The Kier molecular flexibility index (Phi) is 3.29. The molecule has 0 radical (unpaired) electrons. The summed E-state index contributed by atoms with van der Waals surface area (Å²) in [5.74, 6) is 1.50. The third-order valence-electron chi connectivity index (χ3n) is 3.84. The first-order chi connectivity index (χ1) is 9.28. The van der Waals surface area contributed by atoms with Gasteiger partial charge in [-0.05, 0) is 44.5 Å². The Morgan fingerprint density at radius 1 is 1.42 bits per heavy atom. The van der Waals surface area contributed by atoms with Crippen LogP contribution in [0.25, 0.3) is 5.65 Å². The molecule has 1 saturated heterocycles. The Morgan fingerprint density at radius 2 is 2.32 bits per heavy atom. The van der Waals surface area contributed by atoms with Gasteiger partial charge < -0.3 is 4.90 Å². The number of pyridine rings is 1. The zero-order valence-corrected chi connectivity index (χ0v) is 11.1. The van der Waals surface area contributed by atoms with Gasteiger partial charge >= 0.3 is 0 Å². The van der Waals surface area contributed by atoms with Gasteiger partial charge in [0.15, 0.2) is 11.9 Å². The molecule has 1 aliphatic heterocycles. The average molecular weight is 258 g/mol. The SMILES string of the molecule is CN1CCCC(Cc2nnc3cccc(C=O)n23)C1. The molecular formula is C14H18N4O. The molecule has 0 spiro atoms. The second kappa shape index (κ2) is 5.09. The fourth-order valence-corrected chi connectivity index (χ4v) is 2.95. The normalized spacial score (nSPS) is 20.8. The third-order valence-corrected chi connectivity index (χ3v) is 3.84. The van der Waals surface area contributed by atoms with Crippen molar-refractivity contribution in [3.63, 3.8) is 0 Å². The van der Waals surface area contributed by atoms with E-state index in [1.807, 2.05) is 16.5 Å². The van der Waals surface area contributed by atoms with Gasteiger partial charge in [0.05, 0.1) is 5.69 Å². The molecule has 0 amide bonds. The van der Waals surface area contributed by atoms with Gasteiger partial charge in [0.25, 0.3) is 0 Å². The first-order valence-electron chi connectivity index (χ1n) is 6.74. The average Bonchev–Trinajstić information content (AvgIpc) is 2.82. The summed E-state index contributed by atoms with van der Waals surface area (Å²) in [5, 5.41) is 8.41. The molecule has 5 heteroatoms. The van der Waals surface area contributed by atoms with Crippen LogP contribution in [0, 0.1) is 5.92 Å². The summed E-state index contributed by atoms with van der Waals surface area (Å²) in [4.78, 5) is 13.5. The quantitative estimate of drug-likeness (QED) is 0.781. The largest absolute Gasteiger partial charge is 0.306 e. The van der Waals surface area contributed by atoms with Crippen LogP contribution in [-0.4, -0.2) is 45.9 Å². The minimum atomic E-state index is 0.603. The molecule has 5 nitrogen and oxygen atoms in total. The maximum atomic E-state index is 11.1. The van der Waals surface area contributed by atoms with E-state index in [0.29, 0.717) is 11.6 Å². The van der Waals surface area contributed by atoms with Crippen molar-refractivity contribution in [2.45, 2.75) is 19.3 Å². The maximum Gasteiger partial charge on any atom is 0.166 e. The highest BCUT2D eigenvalue weighted by Gasteiger charge is 2.20. The van der Waals surface area contributed by atoms with Crippen molar-refractivity contribution in [1.29, 1.82) is 0 Å². The molecule has 1 atom stereocenters. The number of aromatic nitrogens is 3. The molecule has 0 aliphatic carbocycles. The summed E-state index contributed by atoms with van der Waals surface area (Å²) in [6.07, 6.45) is 4.21. The van der Waals surface area contributed by atoms with Gasteiger partial charge in [-0.3, -0.25) is 9.20 Å². The van der Waals surface area contributed by atoms with Crippen LogP contribution in [0.15, 0.2) is 18.2 Å². The predicted octanol–water partition coefficient (Wildman–Crippen LogP) is 1.43. The molecule has 100 valence electrons. The van der Waals surface area contributed by atoms with Crippen molar-refractivity contribution in [2.24, 2.45) is 5.92 Å². The van der Waals surface area contributed by atoms with Crippen molar-refractivity contribution in [2.75, 3.05) is 20.1 Å². The highest BCUT2D eigenvalue weighted by Crippen LogP contribution is 2.20. The van der Waals surface area contributed by atoms with Gasteiger partial charge in [-0.15, -0.1) is 10.2 Å². The van der Waals surface area contributed by atoms with Crippen molar-refractivity contribution in [3.05, 3.63) is 29.7 Å². The Labute approximate surface area is 112 Å². The van der Waals surface area contributed by atoms with Crippen LogP contribution >= 0.6 is 0 Å². The van der Waals surface area contributed by atoms with Crippen molar-refractivity contribution >= 4 is 11.9 Å². The lowest BCUT2D eigenvalue weighted by atomic mass is 9.95.